The van der Waals surface area contributed by atoms with Crippen LogP contribution in [0.1, 0.15) is 16.1 Å². The predicted octanol–water partition coefficient (Wildman–Crippen LogP) is 4.62. The predicted molar refractivity (Wildman–Crippen MR) is 106 cm³/mol. The van der Waals surface area contributed by atoms with E-state index in [-0.39, 0.29) is 16.5 Å². The molecule has 0 saturated carbocycles. The highest BCUT2D eigenvalue weighted by molar-refractivity contribution is 7.22. The molecule has 2 aromatic heterocycles. The average molecular weight is 410 g/mol. The molecule has 144 valence electrons. The number of anilines is 1. The molecule has 1 amide bonds. The quantitative estimate of drug-likeness (QED) is 0.271. The number of aromatic nitrogens is 1. The van der Waals surface area contributed by atoms with Gasteiger partial charge in [-0.3, -0.25) is 14.9 Å². The van der Waals surface area contributed by atoms with Crippen molar-refractivity contribution in [3.8, 4) is 0 Å². The number of hydrogen-bond donors (Lipinski definition) is 0. The molecule has 0 atom stereocenters. The number of thiazole rings is 1. The Kier molecular flexibility index (Phi) is 4.83. The molecule has 29 heavy (non-hydrogen) atoms. The molecular weight excluding hydrogens is 399 g/mol. The first kappa shape index (κ1) is 18.4. The summed E-state index contributed by atoms with van der Waals surface area (Å²) < 4.78 is 19.5. The zero-order valence-corrected chi connectivity index (χ0v) is 15.4. The van der Waals surface area contributed by atoms with Crippen molar-refractivity contribution in [1.29, 1.82) is 0 Å². The van der Waals surface area contributed by atoms with Crippen LogP contribution >= 0.6 is 11.3 Å². The van der Waals surface area contributed by atoms with Crippen LogP contribution in [0.4, 0.5) is 15.4 Å². The normalized spacial score (nSPS) is 11.2. The first-order valence-corrected chi connectivity index (χ1v) is 9.07. The molecule has 0 aliphatic carbocycles. The Morgan fingerprint density at radius 3 is 2.76 bits per heavy atom. The summed E-state index contributed by atoms with van der Waals surface area (Å²) in [7, 11) is 0. The summed E-state index contributed by atoms with van der Waals surface area (Å²) in [6.45, 7) is 0. The van der Waals surface area contributed by atoms with Crippen molar-refractivity contribution in [3.63, 3.8) is 0 Å². The van der Waals surface area contributed by atoms with E-state index in [0.717, 1.165) is 22.0 Å². The van der Waals surface area contributed by atoms with Crippen LogP contribution < -0.4 is 5.01 Å². The van der Waals surface area contributed by atoms with Crippen LogP contribution in [0.2, 0.25) is 0 Å². The second-order valence-corrected chi connectivity index (χ2v) is 6.78. The van der Waals surface area contributed by atoms with Gasteiger partial charge >= 0.3 is 5.88 Å². The van der Waals surface area contributed by atoms with Crippen molar-refractivity contribution in [1.82, 2.24) is 4.98 Å². The standard InChI is InChI=1S/C19H11FN4O4S/c20-13-5-3-4-12(10-13)18(25)23(19-22-15-6-1-2-7-16(15)29-19)21-11-14-8-9-17(28-14)24(26)27/h1-11H/b21-11-. The Morgan fingerprint density at radius 1 is 1.21 bits per heavy atom. The summed E-state index contributed by atoms with van der Waals surface area (Å²) in [5, 5.41) is 16.1. The number of para-hydroxylation sites is 1. The largest absolute Gasteiger partial charge is 0.433 e. The Bertz CT molecular complexity index is 1220. The van der Waals surface area contributed by atoms with Crippen molar-refractivity contribution < 1.29 is 18.5 Å². The van der Waals surface area contributed by atoms with E-state index in [4.69, 9.17) is 4.42 Å². The molecule has 0 radical (unpaired) electrons. The summed E-state index contributed by atoms with van der Waals surface area (Å²) in [4.78, 5) is 27.5. The number of benzene rings is 2. The van der Waals surface area contributed by atoms with Gasteiger partial charge in [-0.05, 0) is 36.4 Å². The molecule has 0 saturated heterocycles. The molecule has 0 aliphatic rings. The van der Waals surface area contributed by atoms with Crippen molar-refractivity contribution in [2.45, 2.75) is 0 Å². The van der Waals surface area contributed by atoms with Gasteiger partial charge in [-0.2, -0.15) is 10.1 Å². The lowest BCUT2D eigenvalue weighted by Gasteiger charge is -2.13. The lowest BCUT2D eigenvalue weighted by atomic mass is 10.2. The van der Waals surface area contributed by atoms with E-state index in [1.807, 2.05) is 18.2 Å². The molecule has 0 spiro atoms. The molecule has 2 aromatic carbocycles. The SMILES string of the molecule is O=C(c1cccc(F)c1)N(/N=C\c1ccc([N+](=O)[O-])o1)c1nc2ccccc2s1. The van der Waals surface area contributed by atoms with E-state index >= 15 is 0 Å². The van der Waals surface area contributed by atoms with E-state index in [9.17, 15) is 19.3 Å². The van der Waals surface area contributed by atoms with Gasteiger partial charge in [0.1, 0.15) is 10.7 Å². The summed E-state index contributed by atoms with van der Waals surface area (Å²) >= 11 is 1.23. The summed E-state index contributed by atoms with van der Waals surface area (Å²) in [5.41, 5.74) is 0.750. The number of hydrazone groups is 1. The zero-order chi connectivity index (χ0) is 20.4. The number of hydrogen-bond acceptors (Lipinski definition) is 7. The third kappa shape index (κ3) is 3.87. The number of nitrogens with zero attached hydrogens (tertiary/aromatic N) is 4. The number of furan rings is 1. The number of amides is 1. The third-order valence-corrected chi connectivity index (χ3v) is 4.83. The third-order valence-electron chi connectivity index (χ3n) is 3.82. The number of halogens is 1. The molecule has 0 fully saturated rings. The Morgan fingerprint density at radius 2 is 2.03 bits per heavy atom. The van der Waals surface area contributed by atoms with Crippen LogP contribution in [-0.4, -0.2) is 22.0 Å². The Hall–Kier alpha value is -3.92. The lowest BCUT2D eigenvalue weighted by Crippen LogP contribution is -2.25. The van der Waals surface area contributed by atoms with Gasteiger partial charge in [0.05, 0.1) is 22.5 Å². The van der Waals surface area contributed by atoms with Gasteiger partial charge in [-0.1, -0.05) is 29.5 Å². The second kappa shape index (κ2) is 7.60. The highest BCUT2D eigenvalue weighted by atomic mass is 32.1. The van der Waals surface area contributed by atoms with E-state index in [1.165, 1.54) is 41.7 Å². The second-order valence-electron chi connectivity index (χ2n) is 5.77. The minimum Gasteiger partial charge on any atom is -0.400 e. The average Bonchev–Trinajstić information content (AvgIpc) is 3.35. The van der Waals surface area contributed by atoms with Crippen LogP contribution in [0, 0.1) is 15.9 Å². The van der Waals surface area contributed by atoms with Crippen molar-refractivity contribution >= 4 is 44.7 Å². The monoisotopic (exact) mass is 410 g/mol. The fraction of sp³-hybridized carbons (Fsp3) is 0. The first-order valence-electron chi connectivity index (χ1n) is 8.25. The minimum atomic E-state index is -0.680. The van der Waals surface area contributed by atoms with Crippen LogP contribution in [0.5, 0.6) is 0 Å². The maximum absolute atomic E-state index is 13.6. The van der Waals surface area contributed by atoms with E-state index in [0.29, 0.717) is 5.52 Å². The molecular formula is C19H11FN4O4S. The fourth-order valence-electron chi connectivity index (χ4n) is 2.51. The van der Waals surface area contributed by atoms with E-state index in [1.54, 1.807) is 6.07 Å². The van der Waals surface area contributed by atoms with Crippen LogP contribution in [0.3, 0.4) is 0 Å². The molecule has 0 aliphatic heterocycles. The van der Waals surface area contributed by atoms with Gasteiger partial charge in [-0.15, -0.1) is 0 Å². The number of rotatable bonds is 5. The molecule has 8 nitrogen and oxygen atoms in total. The van der Waals surface area contributed by atoms with Gasteiger partial charge in [0.15, 0.2) is 5.76 Å². The van der Waals surface area contributed by atoms with E-state index < -0.39 is 22.5 Å². The fourth-order valence-corrected chi connectivity index (χ4v) is 3.43. The summed E-state index contributed by atoms with van der Waals surface area (Å²) in [6.07, 6.45) is 1.16. The van der Waals surface area contributed by atoms with Crippen LogP contribution in [-0.2, 0) is 0 Å². The summed E-state index contributed by atoms with van der Waals surface area (Å²) in [5.74, 6) is -1.55. The maximum Gasteiger partial charge on any atom is 0.433 e. The molecule has 10 heteroatoms. The van der Waals surface area contributed by atoms with Crippen LogP contribution in [0.25, 0.3) is 10.2 Å². The summed E-state index contributed by atoms with van der Waals surface area (Å²) in [6, 6.07) is 15.0. The van der Waals surface area contributed by atoms with Gasteiger partial charge in [0, 0.05) is 5.56 Å². The molecule has 4 aromatic rings. The Balaban J connectivity index is 1.74. The molecule has 2 heterocycles. The van der Waals surface area contributed by atoms with Crippen LogP contribution in [0.15, 0.2) is 70.2 Å². The van der Waals surface area contributed by atoms with Crippen molar-refractivity contribution in [3.05, 3.63) is 87.9 Å². The van der Waals surface area contributed by atoms with Gasteiger partial charge in [0.2, 0.25) is 5.13 Å². The van der Waals surface area contributed by atoms with Gasteiger partial charge in [-0.25, -0.2) is 9.37 Å². The lowest BCUT2D eigenvalue weighted by molar-refractivity contribution is -0.402. The van der Waals surface area contributed by atoms with E-state index in [2.05, 4.69) is 10.1 Å². The first-order chi connectivity index (χ1) is 14.0. The number of carbonyl (C=O) groups excluding carboxylic acids is 1. The van der Waals surface area contributed by atoms with Gasteiger partial charge in [0.25, 0.3) is 5.91 Å². The number of nitro groups is 1. The van der Waals surface area contributed by atoms with Gasteiger partial charge < -0.3 is 4.42 Å². The zero-order valence-electron chi connectivity index (χ0n) is 14.6. The number of fused-ring (bicyclic) bond motifs is 1. The Labute approximate surface area is 166 Å². The highest BCUT2D eigenvalue weighted by Crippen LogP contribution is 2.30. The maximum atomic E-state index is 13.6. The molecule has 0 N–H and O–H groups in total. The van der Waals surface area contributed by atoms with Crippen molar-refractivity contribution in [2.24, 2.45) is 5.10 Å². The molecule has 0 unspecified atom stereocenters. The smallest absolute Gasteiger partial charge is 0.400 e. The highest BCUT2D eigenvalue weighted by Gasteiger charge is 2.22. The minimum absolute atomic E-state index is 0.0758. The van der Waals surface area contributed by atoms with Crippen molar-refractivity contribution in [2.75, 3.05) is 5.01 Å². The topological polar surface area (TPSA) is 102 Å². The number of carbonyl (C=O) groups is 1. The molecule has 0 bridgehead atoms. The molecule has 4 rings (SSSR count).